The Hall–Kier alpha value is -2.41. The summed E-state index contributed by atoms with van der Waals surface area (Å²) in [4.78, 5) is 19.8. The SMILES string of the molecule is Cc1cc(Oc2ncnc(NC34CC5CC(CC(C5)C3)C4)c2[N+](=O)[O-])ccc1Cl. The highest BCUT2D eigenvalue weighted by atomic mass is 35.5. The zero-order valence-electron chi connectivity index (χ0n) is 16.2. The summed E-state index contributed by atoms with van der Waals surface area (Å²) in [6.07, 6.45) is 8.42. The van der Waals surface area contributed by atoms with Gasteiger partial charge in [0.15, 0.2) is 0 Å². The lowest BCUT2D eigenvalue weighted by atomic mass is 9.53. The minimum absolute atomic E-state index is 0.0565. The van der Waals surface area contributed by atoms with Gasteiger partial charge in [0.25, 0.3) is 0 Å². The smallest absolute Gasteiger partial charge is 0.373 e. The molecule has 8 heteroatoms. The maximum Gasteiger partial charge on any atom is 0.373 e. The summed E-state index contributed by atoms with van der Waals surface area (Å²) >= 11 is 6.06. The molecule has 0 radical (unpaired) electrons. The number of nitrogens with zero attached hydrogens (tertiary/aromatic N) is 3. The normalized spacial score (nSPS) is 29.7. The molecule has 0 spiro atoms. The minimum atomic E-state index is -0.457. The average molecular weight is 415 g/mol. The summed E-state index contributed by atoms with van der Waals surface area (Å²) in [6, 6.07) is 5.11. The van der Waals surface area contributed by atoms with Gasteiger partial charge in [-0.15, -0.1) is 0 Å². The molecule has 7 nitrogen and oxygen atoms in total. The zero-order chi connectivity index (χ0) is 20.2. The second-order valence-corrected chi connectivity index (χ2v) is 9.38. The maximum absolute atomic E-state index is 11.9. The number of halogens is 1. The molecule has 0 saturated heterocycles. The quantitative estimate of drug-likeness (QED) is 0.511. The van der Waals surface area contributed by atoms with Gasteiger partial charge in [0.1, 0.15) is 12.1 Å². The Labute approximate surface area is 174 Å². The molecule has 29 heavy (non-hydrogen) atoms. The fourth-order valence-electron chi connectivity index (χ4n) is 6.00. The molecule has 1 N–H and O–H groups in total. The molecule has 4 saturated carbocycles. The van der Waals surface area contributed by atoms with Gasteiger partial charge in [-0.1, -0.05) is 11.6 Å². The molecule has 0 unspecified atom stereocenters. The summed E-state index contributed by atoms with van der Waals surface area (Å²) in [5, 5.41) is 16.0. The summed E-state index contributed by atoms with van der Waals surface area (Å²) < 4.78 is 5.78. The van der Waals surface area contributed by atoms with Crippen molar-refractivity contribution < 1.29 is 9.66 Å². The van der Waals surface area contributed by atoms with Gasteiger partial charge in [0.05, 0.1) is 4.92 Å². The van der Waals surface area contributed by atoms with Crippen molar-refractivity contribution in [3.63, 3.8) is 0 Å². The third kappa shape index (κ3) is 3.41. The standard InChI is InChI=1S/C21H23ClN4O3/c1-12-4-16(2-3-17(12)22)29-20-18(26(27)28)19(23-11-24-20)25-21-8-13-5-14(9-21)7-15(6-13)10-21/h2-4,11,13-15H,5-10H2,1H3,(H,23,24,25). The third-order valence-corrected chi connectivity index (χ3v) is 7.16. The first-order chi connectivity index (χ1) is 13.9. The number of nitro groups is 1. The molecular weight excluding hydrogens is 392 g/mol. The second-order valence-electron chi connectivity index (χ2n) is 8.97. The number of benzene rings is 1. The van der Waals surface area contributed by atoms with E-state index in [4.69, 9.17) is 16.3 Å². The van der Waals surface area contributed by atoms with Crippen molar-refractivity contribution >= 4 is 23.1 Å². The van der Waals surface area contributed by atoms with Crippen LogP contribution in [0.3, 0.4) is 0 Å². The van der Waals surface area contributed by atoms with Crippen LogP contribution >= 0.6 is 11.6 Å². The lowest BCUT2D eigenvalue weighted by Gasteiger charge is -2.57. The molecule has 4 aliphatic carbocycles. The first kappa shape index (κ1) is 18.6. The number of aryl methyl sites for hydroxylation is 1. The zero-order valence-corrected chi connectivity index (χ0v) is 17.0. The number of nitrogens with one attached hydrogen (secondary N) is 1. The minimum Gasteiger partial charge on any atom is -0.434 e. The largest absolute Gasteiger partial charge is 0.434 e. The van der Waals surface area contributed by atoms with Gasteiger partial charge in [0, 0.05) is 10.6 Å². The van der Waals surface area contributed by atoms with Crippen molar-refractivity contribution in [1.29, 1.82) is 0 Å². The summed E-state index contributed by atoms with van der Waals surface area (Å²) in [6.45, 7) is 1.85. The number of rotatable bonds is 5. The van der Waals surface area contributed by atoms with Crippen LogP contribution in [0.4, 0.5) is 11.5 Å². The van der Waals surface area contributed by atoms with Gasteiger partial charge in [-0.05, 0) is 87.0 Å². The second kappa shape index (κ2) is 6.83. The van der Waals surface area contributed by atoms with Crippen LogP contribution < -0.4 is 10.1 Å². The van der Waals surface area contributed by atoms with Crippen LogP contribution in [0.1, 0.15) is 44.1 Å². The van der Waals surface area contributed by atoms with Crippen molar-refractivity contribution in [3.05, 3.63) is 45.2 Å². The molecule has 0 atom stereocenters. The van der Waals surface area contributed by atoms with E-state index in [9.17, 15) is 10.1 Å². The van der Waals surface area contributed by atoms with Crippen LogP contribution in [0.5, 0.6) is 11.6 Å². The molecule has 0 amide bonds. The predicted molar refractivity (Wildman–Crippen MR) is 109 cm³/mol. The van der Waals surface area contributed by atoms with E-state index in [0.717, 1.165) is 42.6 Å². The van der Waals surface area contributed by atoms with Gasteiger partial charge in [-0.2, -0.15) is 4.98 Å². The third-order valence-electron chi connectivity index (χ3n) is 6.74. The molecule has 4 bridgehead atoms. The highest BCUT2D eigenvalue weighted by Crippen LogP contribution is 2.57. The maximum atomic E-state index is 11.9. The fourth-order valence-corrected chi connectivity index (χ4v) is 6.12. The van der Waals surface area contributed by atoms with Gasteiger partial charge >= 0.3 is 11.6 Å². The molecule has 152 valence electrons. The van der Waals surface area contributed by atoms with Crippen molar-refractivity contribution in [1.82, 2.24) is 9.97 Å². The van der Waals surface area contributed by atoms with E-state index in [1.54, 1.807) is 18.2 Å². The molecule has 0 aliphatic heterocycles. The van der Waals surface area contributed by atoms with E-state index in [0.29, 0.717) is 10.8 Å². The molecule has 1 aromatic heterocycles. The molecular formula is C21H23ClN4O3. The van der Waals surface area contributed by atoms with E-state index >= 15 is 0 Å². The van der Waals surface area contributed by atoms with Crippen molar-refractivity contribution in [2.24, 2.45) is 17.8 Å². The van der Waals surface area contributed by atoms with Crippen molar-refractivity contribution in [2.45, 2.75) is 51.0 Å². The lowest BCUT2D eigenvalue weighted by Crippen LogP contribution is -2.55. The molecule has 4 fully saturated rings. The number of anilines is 1. The Morgan fingerprint density at radius 3 is 2.41 bits per heavy atom. The number of ether oxygens (including phenoxy) is 1. The van der Waals surface area contributed by atoms with E-state index in [2.05, 4.69) is 15.3 Å². The Balaban J connectivity index is 1.47. The van der Waals surface area contributed by atoms with Crippen LogP contribution in [0.25, 0.3) is 0 Å². The number of aromatic nitrogens is 2. The predicted octanol–water partition coefficient (Wildman–Crippen LogP) is 5.52. The first-order valence-electron chi connectivity index (χ1n) is 10.1. The van der Waals surface area contributed by atoms with E-state index in [-0.39, 0.29) is 22.9 Å². The monoisotopic (exact) mass is 414 g/mol. The van der Waals surface area contributed by atoms with Gasteiger partial charge < -0.3 is 10.1 Å². The summed E-state index contributed by atoms with van der Waals surface area (Å²) in [5.74, 6) is 2.83. The number of hydrogen-bond donors (Lipinski definition) is 1. The highest BCUT2D eigenvalue weighted by Gasteiger charge is 2.51. The van der Waals surface area contributed by atoms with E-state index < -0.39 is 4.92 Å². The highest BCUT2D eigenvalue weighted by molar-refractivity contribution is 6.31. The molecule has 2 aromatic rings. The van der Waals surface area contributed by atoms with Crippen LogP contribution in [-0.2, 0) is 0 Å². The lowest BCUT2D eigenvalue weighted by molar-refractivity contribution is -0.385. The van der Waals surface area contributed by atoms with Crippen LogP contribution in [0, 0.1) is 34.8 Å². The topological polar surface area (TPSA) is 90.2 Å². The number of hydrogen-bond acceptors (Lipinski definition) is 6. The van der Waals surface area contributed by atoms with Crippen molar-refractivity contribution in [2.75, 3.05) is 5.32 Å². The van der Waals surface area contributed by atoms with Gasteiger partial charge in [0.2, 0.25) is 5.82 Å². The molecule has 4 aliphatic rings. The molecule has 1 heterocycles. The van der Waals surface area contributed by atoms with E-state index in [1.165, 1.54) is 25.6 Å². The van der Waals surface area contributed by atoms with Crippen LogP contribution in [0.2, 0.25) is 5.02 Å². The average Bonchev–Trinajstić information content (AvgIpc) is 2.63. The Morgan fingerprint density at radius 1 is 1.17 bits per heavy atom. The summed E-state index contributed by atoms with van der Waals surface area (Å²) in [7, 11) is 0. The Bertz CT molecular complexity index is 945. The van der Waals surface area contributed by atoms with Crippen LogP contribution in [0.15, 0.2) is 24.5 Å². The Kier molecular flexibility index (Phi) is 4.38. The van der Waals surface area contributed by atoms with Crippen molar-refractivity contribution in [3.8, 4) is 11.6 Å². The molecule has 1 aromatic carbocycles. The summed E-state index contributed by atoms with van der Waals surface area (Å²) in [5.41, 5.74) is 0.519. The molecule has 6 rings (SSSR count). The first-order valence-corrected chi connectivity index (χ1v) is 10.5. The fraction of sp³-hybridized carbons (Fsp3) is 0.524. The van der Waals surface area contributed by atoms with Gasteiger partial charge in [-0.25, -0.2) is 4.98 Å². The Morgan fingerprint density at radius 2 is 1.83 bits per heavy atom. The van der Waals surface area contributed by atoms with E-state index in [1.807, 2.05) is 6.92 Å². The van der Waals surface area contributed by atoms with Gasteiger partial charge in [-0.3, -0.25) is 10.1 Å². The van der Waals surface area contributed by atoms with Crippen LogP contribution in [-0.4, -0.2) is 20.4 Å².